The molecular weight excluding hydrogens is 377 g/mol. The molecule has 0 fully saturated rings. The molecule has 1 amide bonds. The predicted molar refractivity (Wildman–Crippen MR) is 99.1 cm³/mol. The Hall–Kier alpha value is -2.15. The Labute approximate surface area is 160 Å². The van der Waals surface area contributed by atoms with Gasteiger partial charge in [-0.15, -0.1) is 0 Å². The second-order valence-corrected chi connectivity index (χ2v) is 6.78. The lowest BCUT2D eigenvalue weighted by Gasteiger charge is -2.16. The van der Waals surface area contributed by atoms with E-state index >= 15 is 0 Å². The number of amides is 1. The molecule has 1 aliphatic heterocycles. The summed E-state index contributed by atoms with van der Waals surface area (Å²) in [6.07, 6.45) is 0. The maximum absolute atomic E-state index is 13.0. The SMILES string of the molecule is COC(=O)CN1Cc2nc(C)c(CN)c(-c3ccc(Cl)cc3Cl)c2C1=O. The van der Waals surface area contributed by atoms with Gasteiger partial charge in [0.15, 0.2) is 0 Å². The molecule has 0 radical (unpaired) electrons. The van der Waals surface area contributed by atoms with Crippen LogP contribution in [-0.4, -0.2) is 35.4 Å². The van der Waals surface area contributed by atoms with Gasteiger partial charge in [0.05, 0.1) is 24.9 Å². The standard InChI is InChI=1S/C18H17Cl2N3O3/c1-9-12(6-21)16(11-4-3-10(19)5-13(11)20)17-14(22-9)7-23(18(17)25)8-15(24)26-2/h3-5H,6-8,21H2,1-2H3. The summed E-state index contributed by atoms with van der Waals surface area (Å²) in [5.41, 5.74) is 9.72. The Bertz CT molecular complexity index is 915. The third-order valence-electron chi connectivity index (χ3n) is 4.37. The van der Waals surface area contributed by atoms with Gasteiger partial charge in [0.1, 0.15) is 6.54 Å². The molecule has 1 aromatic carbocycles. The van der Waals surface area contributed by atoms with Crippen molar-refractivity contribution in [3.8, 4) is 11.1 Å². The molecular formula is C18H17Cl2N3O3. The van der Waals surface area contributed by atoms with Crippen molar-refractivity contribution in [2.75, 3.05) is 13.7 Å². The van der Waals surface area contributed by atoms with Gasteiger partial charge < -0.3 is 15.4 Å². The van der Waals surface area contributed by atoms with Crippen LogP contribution in [0.4, 0.5) is 0 Å². The average molecular weight is 394 g/mol. The number of carbonyl (C=O) groups excluding carboxylic acids is 2. The first kappa shape index (κ1) is 18.6. The second-order valence-electron chi connectivity index (χ2n) is 5.94. The van der Waals surface area contributed by atoms with Gasteiger partial charge in [-0.2, -0.15) is 0 Å². The number of hydrogen-bond donors (Lipinski definition) is 1. The normalized spacial score (nSPS) is 13.1. The van der Waals surface area contributed by atoms with Crippen molar-refractivity contribution >= 4 is 35.1 Å². The van der Waals surface area contributed by atoms with E-state index in [1.165, 1.54) is 12.0 Å². The van der Waals surface area contributed by atoms with Crippen molar-refractivity contribution in [2.45, 2.75) is 20.0 Å². The van der Waals surface area contributed by atoms with E-state index < -0.39 is 5.97 Å². The van der Waals surface area contributed by atoms with Crippen molar-refractivity contribution in [2.24, 2.45) is 5.73 Å². The average Bonchev–Trinajstić information content (AvgIpc) is 2.89. The van der Waals surface area contributed by atoms with Gasteiger partial charge in [0.2, 0.25) is 0 Å². The molecule has 0 spiro atoms. The van der Waals surface area contributed by atoms with E-state index in [0.29, 0.717) is 32.4 Å². The second kappa shape index (κ2) is 7.23. The molecule has 1 aromatic heterocycles. The van der Waals surface area contributed by atoms with Gasteiger partial charge in [-0.1, -0.05) is 29.3 Å². The highest BCUT2D eigenvalue weighted by atomic mass is 35.5. The molecule has 2 N–H and O–H groups in total. The quantitative estimate of drug-likeness (QED) is 0.806. The van der Waals surface area contributed by atoms with Crippen LogP contribution in [0.25, 0.3) is 11.1 Å². The van der Waals surface area contributed by atoms with Gasteiger partial charge >= 0.3 is 5.97 Å². The van der Waals surface area contributed by atoms with E-state index in [1.54, 1.807) is 18.2 Å². The van der Waals surface area contributed by atoms with Crippen LogP contribution in [0.2, 0.25) is 10.0 Å². The van der Waals surface area contributed by atoms with Crippen LogP contribution in [0.3, 0.4) is 0 Å². The number of hydrogen-bond acceptors (Lipinski definition) is 5. The Morgan fingerprint density at radius 3 is 2.69 bits per heavy atom. The molecule has 2 aromatic rings. The topological polar surface area (TPSA) is 85.5 Å². The molecule has 0 bridgehead atoms. The summed E-state index contributed by atoms with van der Waals surface area (Å²) < 4.78 is 4.67. The summed E-state index contributed by atoms with van der Waals surface area (Å²) in [6, 6.07) is 5.08. The van der Waals surface area contributed by atoms with E-state index in [9.17, 15) is 9.59 Å². The van der Waals surface area contributed by atoms with Gasteiger partial charge in [0, 0.05) is 33.4 Å². The molecule has 0 atom stereocenters. The number of aromatic nitrogens is 1. The van der Waals surface area contributed by atoms with Gasteiger partial charge in [-0.3, -0.25) is 14.6 Å². The number of nitrogens with two attached hydrogens (primary N) is 1. The minimum atomic E-state index is -0.493. The summed E-state index contributed by atoms with van der Waals surface area (Å²) in [7, 11) is 1.28. The van der Waals surface area contributed by atoms with Gasteiger partial charge in [-0.25, -0.2) is 0 Å². The van der Waals surface area contributed by atoms with Crippen molar-refractivity contribution in [3.63, 3.8) is 0 Å². The van der Waals surface area contributed by atoms with Crippen LogP contribution in [0, 0.1) is 6.92 Å². The largest absolute Gasteiger partial charge is 0.468 e. The summed E-state index contributed by atoms with van der Waals surface area (Å²) in [6.45, 7) is 2.12. The fourth-order valence-electron chi connectivity index (χ4n) is 3.14. The molecule has 136 valence electrons. The summed E-state index contributed by atoms with van der Waals surface area (Å²) in [4.78, 5) is 30.5. The van der Waals surface area contributed by atoms with Gasteiger partial charge in [-0.05, 0) is 24.6 Å². The zero-order valence-corrected chi connectivity index (χ0v) is 15.8. The van der Waals surface area contributed by atoms with Crippen LogP contribution < -0.4 is 5.73 Å². The number of methoxy groups -OCH3 is 1. The third-order valence-corrected chi connectivity index (χ3v) is 4.92. The highest BCUT2D eigenvalue weighted by Crippen LogP contribution is 2.39. The maximum atomic E-state index is 13.0. The molecule has 0 saturated carbocycles. The first-order chi connectivity index (χ1) is 12.4. The van der Waals surface area contributed by atoms with Crippen LogP contribution in [-0.2, 0) is 22.6 Å². The van der Waals surface area contributed by atoms with Crippen LogP contribution >= 0.6 is 23.2 Å². The summed E-state index contributed by atoms with van der Waals surface area (Å²) in [5, 5.41) is 0.910. The fourth-order valence-corrected chi connectivity index (χ4v) is 3.65. The maximum Gasteiger partial charge on any atom is 0.325 e. The van der Waals surface area contributed by atoms with Crippen LogP contribution in [0.5, 0.6) is 0 Å². The smallest absolute Gasteiger partial charge is 0.325 e. The zero-order valence-electron chi connectivity index (χ0n) is 14.3. The minimum Gasteiger partial charge on any atom is -0.468 e. The van der Waals surface area contributed by atoms with Crippen molar-refractivity contribution in [1.82, 2.24) is 9.88 Å². The monoisotopic (exact) mass is 393 g/mol. The molecule has 26 heavy (non-hydrogen) atoms. The predicted octanol–water partition coefficient (Wildman–Crippen LogP) is 2.95. The van der Waals surface area contributed by atoms with Crippen molar-refractivity contribution < 1.29 is 14.3 Å². The number of halogens is 2. The number of benzene rings is 1. The molecule has 6 nitrogen and oxygen atoms in total. The molecule has 0 unspecified atom stereocenters. The number of aryl methyl sites for hydroxylation is 1. The van der Waals surface area contributed by atoms with Crippen LogP contribution in [0.1, 0.15) is 27.3 Å². The zero-order chi connectivity index (χ0) is 19.0. The Morgan fingerprint density at radius 1 is 1.35 bits per heavy atom. The molecule has 2 heterocycles. The third kappa shape index (κ3) is 3.16. The first-order valence-corrected chi connectivity index (χ1v) is 8.66. The van der Waals surface area contributed by atoms with E-state index in [2.05, 4.69) is 9.72 Å². The number of ether oxygens (including phenoxy) is 1. The minimum absolute atomic E-state index is 0.142. The van der Waals surface area contributed by atoms with E-state index in [1.807, 2.05) is 6.92 Å². The Kier molecular flexibility index (Phi) is 5.18. The lowest BCUT2D eigenvalue weighted by Crippen LogP contribution is -2.31. The molecule has 0 aliphatic carbocycles. The number of esters is 1. The van der Waals surface area contributed by atoms with Gasteiger partial charge in [0.25, 0.3) is 5.91 Å². The van der Waals surface area contributed by atoms with E-state index in [4.69, 9.17) is 28.9 Å². The number of fused-ring (bicyclic) bond motifs is 1. The number of rotatable bonds is 4. The highest BCUT2D eigenvalue weighted by molar-refractivity contribution is 6.36. The van der Waals surface area contributed by atoms with E-state index in [-0.39, 0.29) is 25.5 Å². The van der Waals surface area contributed by atoms with E-state index in [0.717, 1.165) is 11.3 Å². The lowest BCUT2D eigenvalue weighted by atomic mass is 9.93. The Balaban J connectivity index is 2.20. The fraction of sp³-hybridized carbons (Fsp3) is 0.278. The molecule has 0 saturated heterocycles. The Morgan fingerprint density at radius 2 is 2.08 bits per heavy atom. The number of pyridine rings is 1. The molecule has 1 aliphatic rings. The molecule has 3 rings (SSSR count). The number of carbonyl (C=O) groups is 2. The highest BCUT2D eigenvalue weighted by Gasteiger charge is 2.35. The summed E-state index contributed by atoms with van der Waals surface area (Å²) >= 11 is 12.4. The van der Waals surface area contributed by atoms with Crippen molar-refractivity contribution in [1.29, 1.82) is 0 Å². The molecule has 8 heteroatoms. The van der Waals surface area contributed by atoms with Crippen molar-refractivity contribution in [3.05, 3.63) is 50.8 Å². The number of nitrogens with zero attached hydrogens (tertiary/aromatic N) is 2. The van der Waals surface area contributed by atoms with Crippen LogP contribution in [0.15, 0.2) is 18.2 Å². The lowest BCUT2D eigenvalue weighted by molar-refractivity contribution is -0.141. The summed E-state index contributed by atoms with van der Waals surface area (Å²) in [5.74, 6) is -0.790. The first-order valence-electron chi connectivity index (χ1n) is 7.91.